The molecule has 0 aromatic heterocycles. The maximum atomic E-state index is 5.77. The standard InChI is InChI=1S/C17H30N2O2/c1-6-18-16(12-19(4)14(3)13-20-5)15-10-8-9-11-17(15)21-7-2/h8-11,14,16,18H,6-7,12-13H2,1-5H3. The maximum Gasteiger partial charge on any atom is 0.124 e. The van der Waals surface area contributed by atoms with Gasteiger partial charge < -0.3 is 14.8 Å². The highest BCUT2D eigenvalue weighted by Crippen LogP contribution is 2.26. The van der Waals surface area contributed by atoms with E-state index in [1.807, 2.05) is 19.1 Å². The van der Waals surface area contributed by atoms with Gasteiger partial charge in [-0.25, -0.2) is 0 Å². The molecule has 0 amide bonds. The third-order valence-electron chi connectivity index (χ3n) is 3.68. The van der Waals surface area contributed by atoms with Crippen molar-refractivity contribution >= 4 is 0 Å². The molecule has 0 radical (unpaired) electrons. The number of likely N-dealkylation sites (N-methyl/N-ethyl adjacent to an activating group) is 2. The SMILES string of the molecule is CCNC(CN(C)C(C)COC)c1ccccc1OCC. The summed E-state index contributed by atoms with van der Waals surface area (Å²) in [7, 11) is 3.88. The summed E-state index contributed by atoms with van der Waals surface area (Å²) >= 11 is 0. The Morgan fingerprint density at radius 3 is 2.57 bits per heavy atom. The Labute approximate surface area is 129 Å². The van der Waals surface area contributed by atoms with Gasteiger partial charge in [-0.1, -0.05) is 25.1 Å². The van der Waals surface area contributed by atoms with Crippen molar-refractivity contribution in [2.24, 2.45) is 0 Å². The van der Waals surface area contributed by atoms with Crippen LogP contribution in [0, 0.1) is 0 Å². The van der Waals surface area contributed by atoms with E-state index < -0.39 is 0 Å². The van der Waals surface area contributed by atoms with Gasteiger partial charge in [-0.3, -0.25) is 4.90 Å². The quantitative estimate of drug-likeness (QED) is 0.719. The van der Waals surface area contributed by atoms with E-state index in [4.69, 9.17) is 9.47 Å². The lowest BCUT2D eigenvalue weighted by Gasteiger charge is -2.30. The van der Waals surface area contributed by atoms with Crippen LogP contribution in [-0.2, 0) is 4.74 Å². The fraction of sp³-hybridized carbons (Fsp3) is 0.647. The molecule has 0 aliphatic heterocycles. The van der Waals surface area contributed by atoms with E-state index in [0.717, 1.165) is 25.4 Å². The summed E-state index contributed by atoms with van der Waals surface area (Å²) in [6.45, 7) is 9.61. The molecule has 2 unspecified atom stereocenters. The molecule has 1 N–H and O–H groups in total. The van der Waals surface area contributed by atoms with Crippen molar-refractivity contribution in [1.82, 2.24) is 10.2 Å². The summed E-state index contributed by atoms with van der Waals surface area (Å²) < 4.78 is 11.0. The van der Waals surface area contributed by atoms with E-state index in [1.165, 1.54) is 5.56 Å². The number of ether oxygens (including phenoxy) is 2. The molecule has 0 spiro atoms. The van der Waals surface area contributed by atoms with Crippen LogP contribution in [0.3, 0.4) is 0 Å². The Bertz CT molecular complexity index is 398. The lowest BCUT2D eigenvalue weighted by molar-refractivity contribution is 0.109. The predicted octanol–water partition coefficient (Wildman–Crippen LogP) is 2.70. The Kier molecular flexibility index (Phi) is 8.35. The third kappa shape index (κ3) is 5.65. The smallest absolute Gasteiger partial charge is 0.124 e. The lowest BCUT2D eigenvalue weighted by atomic mass is 10.0. The minimum atomic E-state index is 0.252. The minimum Gasteiger partial charge on any atom is -0.494 e. The van der Waals surface area contributed by atoms with E-state index in [2.05, 4.69) is 43.2 Å². The van der Waals surface area contributed by atoms with Crippen LogP contribution >= 0.6 is 0 Å². The minimum absolute atomic E-state index is 0.252. The first kappa shape index (κ1) is 18.0. The zero-order chi connectivity index (χ0) is 15.7. The Morgan fingerprint density at radius 2 is 1.95 bits per heavy atom. The summed E-state index contributed by atoms with van der Waals surface area (Å²) in [6, 6.07) is 8.92. The van der Waals surface area contributed by atoms with Gasteiger partial charge in [-0.2, -0.15) is 0 Å². The summed E-state index contributed by atoms with van der Waals surface area (Å²) in [5, 5.41) is 3.56. The molecule has 120 valence electrons. The van der Waals surface area contributed by atoms with Crippen LogP contribution < -0.4 is 10.1 Å². The van der Waals surface area contributed by atoms with Crippen LogP contribution in [0.4, 0.5) is 0 Å². The van der Waals surface area contributed by atoms with Crippen LogP contribution in [0.15, 0.2) is 24.3 Å². The average Bonchev–Trinajstić information content (AvgIpc) is 2.48. The largest absolute Gasteiger partial charge is 0.494 e. The van der Waals surface area contributed by atoms with Gasteiger partial charge >= 0.3 is 0 Å². The van der Waals surface area contributed by atoms with Crippen molar-refractivity contribution in [3.05, 3.63) is 29.8 Å². The molecule has 0 saturated carbocycles. The Balaban J connectivity index is 2.86. The van der Waals surface area contributed by atoms with Gasteiger partial charge in [-0.15, -0.1) is 0 Å². The fourth-order valence-corrected chi connectivity index (χ4v) is 2.41. The molecule has 0 saturated heterocycles. The number of benzene rings is 1. The average molecular weight is 294 g/mol. The molecule has 1 rings (SSSR count). The van der Waals surface area contributed by atoms with E-state index in [1.54, 1.807) is 7.11 Å². The molecule has 0 aliphatic rings. The zero-order valence-electron chi connectivity index (χ0n) is 14.1. The monoisotopic (exact) mass is 294 g/mol. The first-order valence-corrected chi connectivity index (χ1v) is 7.78. The van der Waals surface area contributed by atoms with E-state index >= 15 is 0 Å². The molecule has 0 aliphatic carbocycles. The number of methoxy groups -OCH3 is 1. The van der Waals surface area contributed by atoms with Crippen molar-refractivity contribution in [2.45, 2.75) is 32.9 Å². The van der Waals surface area contributed by atoms with Crippen LogP contribution in [0.25, 0.3) is 0 Å². The topological polar surface area (TPSA) is 33.7 Å². The number of nitrogens with zero attached hydrogens (tertiary/aromatic N) is 1. The first-order chi connectivity index (χ1) is 10.1. The highest BCUT2D eigenvalue weighted by molar-refractivity contribution is 5.36. The van der Waals surface area contributed by atoms with Gasteiger partial charge in [0.1, 0.15) is 5.75 Å². The van der Waals surface area contributed by atoms with Crippen molar-refractivity contribution in [3.8, 4) is 5.75 Å². The number of hydrogen-bond donors (Lipinski definition) is 1. The molecular formula is C17H30N2O2. The second-order valence-electron chi connectivity index (χ2n) is 5.33. The zero-order valence-corrected chi connectivity index (χ0v) is 14.1. The van der Waals surface area contributed by atoms with Gasteiger partial charge in [0.25, 0.3) is 0 Å². The van der Waals surface area contributed by atoms with Crippen molar-refractivity contribution < 1.29 is 9.47 Å². The fourth-order valence-electron chi connectivity index (χ4n) is 2.41. The van der Waals surface area contributed by atoms with Crippen molar-refractivity contribution in [2.75, 3.05) is 40.5 Å². The summed E-state index contributed by atoms with van der Waals surface area (Å²) in [4.78, 5) is 2.32. The number of para-hydroxylation sites is 1. The Morgan fingerprint density at radius 1 is 1.24 bits per heavy atom. The Hall–Kier alpha value is -1.10. The molecule has 0 bridgehead atoms. The molecule has 1 aromatic rings. The molecule has 0 fully saturated rings. The van der Waals surface area contributed by atoms with Gasteiger partial charge in [0.15, 0.2) is 0 Å². The third-order valence-corrected chi connectivity index (χ3v) is 3.68. The second-order valence-corrected chi connectivity index (χ2v) is 5.33. The highest BCUT2D eigenvalue weighted by atomic mass is 16.5. The van der Waals surface area contributed by atoms with Gasteiger partial charge in [0, 0.05) is 31.3 Å². The summed E-state index contributed by atoms with van der Waals surface area (Å²) in [5.74, 6) is 0.971. The van der Waals surface area contributed by atoms with Crippen LogP contribution in [0.2, 0.25) is 0 Å². The van der Waals surface area contributed by atoms with E-state index in [9.17, 15) is 0 Å². The van der Waals surface area contributed by atoms with E-state index in [-0.39, 0.29) is 6.04 Å². The van der Waals surface area contributed by atoms with Gasteiger partial charge in [-0.05, 0) is 33.5 Å². The van der Waals surface area contributed by atoms with E-state index in [0.29, 0.717) is 12.6 Å². The number of hydrogen-bond acceptors (Lipinski definition) is 4. The van der Waals surface area contributed by atoms with Crippen LogP contribution in [0.1, 0.15) is 32.4 Å². The van der Waals surface area contributed by atoms with Crippen molar-refractivity contribution in [3.63, 3.8) is 0 Å². The first-order valence-electron chi connectivity index (χ1n) is 7.78. The molecule has 2 atom stereocenters. The maximum absolute atomic E-state index is 5.77. The molecule has 21 heavy (non-hydrogen) atoms. The number of nitrogens with one attached hydrogen (secondary N) is 1. The molecule has 1 aromatic carbocycles. The predicted molar refractivity (Wildman–Crippen MR) is 88.0 cm³/mol. The highest BCUT2D eigenvalue weighted by Gasteiger charge is 2.19. The van der Waals surface area contributed by atoms with Gasteiger partial charge in [0.05, 0.1) is 13.2 Å². The molecule has 4 heteroatoms. The summed E-state index contributed by atoms with van der Waals surface area (Å²) in [6.07, 6.45) is 0. The van der Waals surface area contributed by atoms with Crippen molar-refractivity contribution in [1.29, 1.82) is 0 Å². The van der Waals surface area contributed by atoms with Gasteiger partial charge in [0.2, 0.25) is 0 Å². The van der Waals surface area contributed by atoms with Crippen LogP contribution in [-0.4, -0.2) is 51.4 Å². The summed E-state index contributed by atoms with van der Waals surface area (Å²) in [5.41, 5.74) is 1.22. The second kappa shape index (κ2) is 9.77. The molecular weight excluding hydrogens is 264 g/mol. The number of rotatable bonds is 10. The molecule has 0 heterocycles. The molecule has 4 nitrogen and oxygen atoms in total. The van der Waals surface area contributed by atoms with Crippen LogP contribution in [0.5, 0.6) is 5.75 Å². The normalized spacial score (nSPS) is 14.2. The lowest BCUT2D eigenvalue weighted by Crippen LogP contribution is -2.39.